The van der Waals surface area contributed by atoms with E-state index >= 15 is 0 Å². The van der Waals surface area contributed by atoms with E-state index in [1.165, 1.54) is 11.0 Å². The Hall–Kier alpha value is -3.28. The molecule has 2 aromatic rings. The van der Waals surface area contributed by atoms with Crippen molar-refractivity contribution >= 4 is 29.3 Å². The maximum atomic E-state index is 13.0. The Kier molecular flexibility index (Phi) is 4.50. The molecule has 0 N–H and O–H groups in total. The van der Waals surface area contributed by atoms with Gasteiger partial charge >= 0.3 is 5.97 Å². The Morgan fingerprint density at radius 1 is 0.867 bits per heavy atom. The second kappa shape index (κ2) is 7.20. The number of amides is 2. The van der Waals surface area contributed by atoms with Crippen molar-refractivity contribution in [3.05, 3.63) is 65.7 Å². The Labute approximate surface area is 173 Å². The first-order valence-electron chi connectivity index (χ1n) is 10.3. The Balaban J connectivity index is 1.31. The molecule has 1 heterocycles. The summed E-state index contributed by atoms with van der Waals surface area (Å²) in [5, 5.41) is 0. The fraction of sp³-hybridized carbons (Fsp3) is 0.333. The van der Waals surface area contributed by atoms with E-state index in [0.717, 1.165) is 19.3 Å². The molecule has 30 heavy (non-hydrogen) atoms. The number of ether oxygens (including phenoxy) is 1. The summed E-state index contributed by atoms with van der Waals surface area (Å²) in [6, 6.07) is 14.9. The zero-order valence-electron chi connectivity index (χ0n) is 16.3. The summed E-state index contributed by atoms with van der Waals surface area (Å²) in [4.78, 5) is 51.8. The van der Waals surface area contributed by atoms with Crippen LogP contribution in [0.5, 0.6) is 0 Å². The third kappa shape index (κ3) is 2.95. The zero-order valence-corrected chi connectivity index (χ0v) is 16.3. The molecule has 2 aromatic carbocycles. The average Bonchev–Trinajstić information content (AvgIpc) is 3.46. The molecule has 152 valence electrons. The summed E-state index contributed by atoms with van der Waals surface area (Å²) in [6.45, 7) is -0.373. The molecule has 4 atom stereocenters. The van der Waals surface area contributed by atoms with Crippen LogP contribution in [0.4, 0.5) is 5.69 Å². The zero-order chi connectivity index (χ0) is 20.8. The first-order valence-corrected chi connectivity index (χ1v) is 10.3. The summed E-state index contributed by atoms with van der Waals surface area (Å²) in [5.41, 5.74) is 1.06. The van der Waals surface area contributed by atoms with Crippen LogP contribution in [0.1, 0.15) is 40.0 Å². The van der Waals surface area contributed by atoms with Crippen LogP contribution in [-0.2, 0) is 14.3 Å². The summed E-state index contributed by atoms with van der Waals surface area (Å²) < 4.78 is 5.16. The second-order valence-corrected chi connectivity index (χ2v) is 8.31. The fourth-order valence-corrected chi connectivity index (χ4v) is 5.36. The van der Waals surface area contributed by atoms with E-state index in [2.05, 4.69) is 0 Å². The number of hydrogen-bond donors (Lipinski definition) is 0. The molecular weight excluding hydrogens is 382 g/mol. The molecule has 0 spiro atoms. The van der Waals surface area contributed by atoms with Crippen molar-refractivity contribution in [1.82, 2.24) is 0 Å². The number of rotatable bonds is 5. The van der Waals surface area contributed by atoms with E-state index in [0.29, 0.717) is 23.1 Å². The molecule has 2 aliphatic carbocycles. The molecule has 5 rings (SSSR count). The lowest BCUT2D eigenvalue weighted by Gasteiger charge is -2.19. The van der Waals surface area contributed by atoms with Gasteiger partial charge in [0.1, 0.15) is 0 Å². The van der Waals surface area contributed by atoms with Gasteiger partial charge in [-0.15, -0.1) is 0 Å². The predicted molar refractivity (Wildman–Crippen MR) is 108 cm³/mol. The smallest absolute Gasteiger partial charge is 0.338 e. The van der Waals surface area contributed by atoms with Crippen LogP contribution in [0.2, 0.25) is 0 Å². The second-order valence-electron chi connectivity index (χ2n) is 8.31. The number of benzene rings is 2. The van der Waals surface area contributed by atoms with E-state index in [-0.39, 0.29) is 41.6 Å². The van der Waals surface area contributed by atoms with Gasteiger partial charge in [0.25, 0.3) is 0 Å². The van der Waals surface area contributed by atoms with Gasteiger partial charge in [-0.25, -0.2) is 4.79 Å². The van der Waals surface area contributed by atoms with Crippen molar-refractivity contribution in [2.75, 3.05) is 11.5 Å². The highest BCUT2D eigenvalue weighted by molar-refractivity contribution is 6.22. The summed E-state index contributed by atoms with van der Waals surface area (Å²) in [7, 11) is 0. The number of Topliss-reactive ketones (excluding diaryl/α,β-unsaturated/α-hetero) is 1. The van der Waals surface area contributed by atoms with Gasteiger partial charge in [0.05, 0.1) is 23.1 Å². The van der Waals surface area contributed by atoms with E-state index in [1.54, 1.807) is 48.5 Å². The first-order chi connectivity index (χ1) is 14.5. The molecule has 0 unspecified atom stereocenters. The van der Waals surface area contributed by atoms with Crippen molar-refractivity contribution in [2.24, 2.45) is 23.7 Å². The molecule has 3 fully saturated rings. The minimum absolute atomic E-state index is 0.151. The van der Waals surface area contributed by atoms with Crippen molar-refractivity contribution in [3.63, 3.8) is 0 Å². The lowest BCUT2D eigenvalue weighted by atomic mass is 9.81. The number of esters is 1. The number of hydrogen-bond acceptors (Lipinski definition) is 5. The fourth-order valence-electron chi connectivity index (χ4n) is 5.36. The highest BCUT2D eigenvalue weighted by Gasteiger charge is 2.61. The average molecular weight is 403 g/mol. The maximum absolute atomic E-state index is 13.0. The van der Waals surface area contributed by atoms with Gasteiger partial charge in [0.15, 0.2) is 12.4 Å². The van der Waals surface area contributed by atoms with Crippen molar-refractivity contribution in [2.45, 2.75) is 19.3 Å². The molecule has 0 radical (unpaired) electrons. The molecule has 2 bridgehead atoms. The van der Waals surface area contributed by atoms with Crippen molar-refractivity contribution in [1.29, 1.82) is 0 Å². The minimum Gasteiger partial charge on any atom is -0.454 e. The number of anilines is 1. The van der Waals surface area contributed by atoms with Crippen LogP contribution >= 0.6 is 0 Å². The van der Waals surface area contributed by atoms with Gasteiger partial charge in [-0.05, 0) is 49.3 Å². The van der Waals surface area contributed by atoms with Crippen LogP contribution < -0.4 is 4.90 Å². The molecule has 0 aromatic heterocycles. The third-order valence-electron chi connectivity index (χ3n) is 6.70. The standard InChI is InChI=1S/C24H21NO5/c26-19(14-5-2-1-3-6-14)13-30-24(29)17-7-4-8-18(12-17)25-22(27)20-15-9-10-16(11-15)21(20)23(25)28/h1-8,12,15-16,20-21H,9-11,13H2/t15-,16-,20-,21+/m0/s1. The van der Waals surface area contributed by atoms with E-state index < -0.39 is 5.97 Å². The van der Waals surface area contributed by atoms with Crippen molar-refractivity contribution in [3.8, 4) is 0 Å². The quantitative estimate of drug-likeness (QED) is 0.435. The van der Waals surface area contributed by atoms with Crippen LogP contribution in [0, 0.1) is 23.7 Å². The SMILES string of the molecule is O=C(COC(=O)c1cccc(N2C(=O)[C@@H]3[C@H]4CC[C@@H](C4)[C@@H]3C2=O)c1)c1ccccc1. The first kappa shape index (κ1) is 18.7. The largest absolute Gasteiger partial charge is 0.454 e. The van der Waals surface area contributed by atoms with Gasteiger partial charge in [-0.2, -0.15) is 0 Å². The number of carbonyl (C=O) groups excluding carboxylic acids is 4. The van der Waals surface area contributed by atoms with Crippen LogP contribution in [0.3, 0.4) is 0 Å². The van der Waals surface area contributed by atoms with E-state index in [9.17, 15) is 19.2 Å². The van der Waals surface area contributed by atoms with Crippen LogP contribution in [0.25, 0.3) is 0 Å². The molecule has 6 nitrogen and oxygen atoms in total. The number of fused-ring (bicyclic) bond motifs is 5. The Morgan fingerprint density at radius 3 is 2.17 bits per heavy atom. The molecule has 3 aliphatic rings. The predicted octanol–water partition coefficient (Wildman–Crippen LogP) is 3.26. The monoisotopic (exact) mass is 403 g/mol. The van der Waals surface area contributed by atoms with Crippen molar-refractivity contribution < 1.29 is 23.9 Å². The normalized spacial score (nSPS) is 26.7. The Bertz CT molecular complexity index is 1020. The molecule has 2 amide bonds. The highest BCUT2D eigenvalue weighted by Crippen LogP contribution is 2.56. The number of carbonyl (C=O) groups is 4. The molecule has 1 saturated heterocycles. The lowest BCUT2D eigenvalue weighted by molar-refractivity contribution is -0.123. The van der Waals surface area contributed by atoms with Gasteiger partial charge in [-0.3, -0.25) is 19.3 Å². The topological polar surface area (TPSA) is 80.8 Å². The van der Waals surface area contributed by atoms with Crippen LogP contribution in [0.15, 0.2) is 54.6 Å². The number of nitrogens with zero attached hydrogens (tertiary/aromatic N) is 1. The van der Waals surface area contributed by atoms with E-state index in [1.807, 2.05) is 0 Å². The Morgan fingerprint density at radius 2 is 1.50 bits per heavy atom. The highest BCUT2D eigenvalue weighted by atomic mass is 16.5. The van der Waals surface area contributed by atoms with Gasteiger partial charge < -0.3 is 4.74 Å². The van der Waals surface area contributed by atoms with Gasteiger partial charge in [-0.1, -0.05) is 36.4 Å². The third-order valence-corrected chi connectivity index (χ3v) is 6.70. The summed E-state index contributed by atoms with van der Waals surface area (Å²) in [5.74, 6) is -1.08. The lowest BCUT2D eigenvalue weighted by Crippen LogP contribution is -2.32. The van der Waals surface area contributed by atoms with Gasteiger partial charge in [0, 0.05) is 5.56 Å². The number of ketones is 1. The number of imide groups is 1. The molecule has 2 saturated carbocycles. The summed E-state index contributed by atoms with van der Waals surface area (Å²) >= 11 is 0. The molecule has 6 heteroatoms. The molecular formula is C24H21NO5. The van der Waals surface area contributed by atoms with E-state index in [4.69, 9.17) is 4.74 Å². The maximum Gasteiger partial charge on any atom is 0.338 e. The molecule has 1 aliphatic heterocycles. The minimum atomic E-state index is -0.666. The van der Waals surface area contributed by atoms with Gasteiger partial charge in [0.2, 0.25) is 11.8 Å². The summed E-state index contributed by atoms with van der Waals surface area (Å²) in [6.07, 6.45) is 3.00. The van der Waals surface area contributed by atoms with Crippen LogP contribution in [-0.4, -0.2) is 30.2 Å².